The van der Waals surface area contributed by atoms with Gasteiger partial charge in [-0.1, -0.05) is 36.4 Å². The Morgan fingerprint density at radius 1 is 0.933 bits per heavy atom. The molecule has 4 rings (SSSR count). The summed E-state index contributed by atoms with van der Waals surface area (Å²) in [5, 5.41) is 3.21. The summed E-state index contributed by atoms with van der Waals surface area (Å²) in [5.74, 6) is 1.88. The third-order valence-corrected chi connectivity index (χ3v) is 5.16. The third-order valence-electron chi connectivity index (χ3n) is 5.16. The maximum atomic E-state index is 13.5. The Hall–Kier alpha value is -3.19. The molecule has 1 fully saturated rings. The summed E-state index contributed by atoms with van der Waals surface area (Å²) in [6.45, 7) is 4.60. The highest BCUT2D eigenvalue weighted by atomic mass is 19.1. The van der Waals surface area contributed by atoms with Crippen LogP contribution in [0.3, 0.4) is 0 Å². The van der Waals surface area contributed by atoms with Crippen LogP contribution < -0.4 is 15.1 Å². The van der Waals surface area contributed by atoms with Crippen LogP contribution in [0.2, 0.25) is 0 Å². The second kappa shape index (κ2) is 9.09. The van der Waals surface area contributed by atoms with Crippen LogP contribution >= 0.6 is 0 Å². The zero-order valence-electron chi connectivity index (χ0n) is 17.4. The lowest BCUT2D eigenvalue weighted by molar-refractivity contribution is 0.249. The maximum Gasteiger partial charge on any atom is 0.229 e. The molecule has 0 saturated carbocycles. The molecular formula is C23H27FN6. The standard InChI is InChI=1S/C23H27FN6/c1-28(2)22-16-21(25-20-10-6-9-19(24)15-20)26-23(27-22)30-13-11-29(12-14-30)17-18-7-4-3-5-8-18/h3-10,15-16H,11-14,17H2,1-2H3,(H,25,26,27). The van der Waals surface area contributed by atoms with Crippen LogP contribution in [-0.2, 0) is 6.54 Å². The van der Waals surface area contributed by atoms with Crippen LogP contribution in [0.1, 0.15) is 5.56 Å². The highest BCUT2D eigenvalue weighted by Crippen LogP contribution is 2.23. The van der Waals surface area contributed by atoms with E-state index >= 15 is 0 Å². The Labute approximate surface area is 177 Å². The fourth-order valence-electron chi connectivity index (χ4n) is 3.52. The van der Waals surface area contributed by atoms with Crippen molar-refractivity contribution in [2.75, 3.05) is 55.4 Å². The van der Waals surface area contributed by atoms with Gasteiger partial charge in [-0.25, -0.2) is 4.39 Å². The van der Waals surface area contributed by atoms with Crippen molar-refractivity contribution >= 4 is 23.3 Å². The first-order chi connectivity index (χ1) is 14.6. The van der Waals surface area contributed by atoms with Gasteiger partial charge in [0.1, 0.15) is 17.5 Å². The molecule has 0 atom stereocenters. The van der Waals surface area contributed by atoms with E-state index in [0.29, 0.717) is 17.5 Å². The number of hydrogen-bond donors (Lipinski definition) is 1. The lowest BCUT2D eigenvalue weighted by atomic mass is 10.2. The highest BCUT2D eigenvalue weighted by molar-refractivity contribution is 5.61. The van der Waals surface area contributed by atoms with Gasteiger partial charge in [0.15, 0.2) is 0 Å². The molecule has 0 bridgehead atoms. The molecule has 1 aliphatic rings. The lowest BCUT2D eigenvalue weighted by Gasteiger charge is -2.35. The number of halogens is 1. The maximum absolute atomic E-state index is 13.5. The zero-order valence-corrected chi connectivity index (χ0v) is 17.4. The SMILES string of the molecule is CN(C)c1cc(Nc2cccc(F)c2)nc(N2CCN(Cc3ccccc3)CC2)n1. The van der Waals surface area contributed by atoms with Gasteiger partial charge in [0.2, 0.25) is 5.95 Å². The van der Waals surface area contributed by atoms with Gasteiger partial charge in [-0.05, 0) is 23.8 Å². The minimum absolute atomic E-state index is 0.281. The Balaban J connectivity index is 1.47. The topological polar surface area (TPSA) is 47.5 Å². The zero-order chi connectivity index (χ0) is 20.9. The van der Waals surface area contributed by atoms with Gasteiger partial charge in [-0.3, -0.25) is 4.90 Å². The quantitative estimate of drug-likeness (QED) is 0.673. The first-order valence-corrected chi connectivity index (χ1v) is 10.2. The van der Waals surface area contributed by atoms with E-state index in [9.17, 15) is 4.39 Å². The molecule has 7 heteroatoms. The molecule has 0 aliphatic carbocycles. The van der Waals surface area contributed by atoms with Crippen LogP contribution in [0.25, 0.3) is 0 Å². The van der Waals surface area contributed by atoms with Crippen LogP contribution in [-0.4, -0.2) is 55.1 Å². The van der Waals surface area contributed by atoms with Crippen LogP contribution in [0, 0.1) is 5.82 Å². The first kappa shape index (κ1) is 20.1. The largest absolute Gasteiger partial charge is 0.363 e. The molecule has 0 amide bonds. The van der Waals surface area contributed by atoms with Gasteiger partial charge in [-0.15, -0.1) is 0 Å². The van der Waals surface area contributed by atoms with Crippen molar-refractivity contribution in [3.8, 4) is 0 Å². The Morgan fingerprint density at radius 2 is 1.70 bits per heavy atom. The van der Waals surface area contributed by atoms with Gasteiger partial charge in [0.05, 0.1) is 0 Å². The first-order valence-electron chi connectivity index (χ1n) is 10.2. The van der Waals surface area contributed by atoms with E-state index in [1.807, 2.05) is 37.2 Å². The molecule has 0 unspecified atom stereocenters. The van der Waals surface area contributed by atoms with Crippen molar-refractivity contribution in [2.45, 2.75) is 6.54 Å². The van der Waals surface area contributed by atoms with E-state index in [2.05, 4.69) is 39.4 Å². The molecule has 1 aromatic heterocycles. The van der Waals surface area contributed by atoms with Crippen molar-refractivity contribution in [1.82, 2.24) is 14.9 Å². The minimum Gasteiger partial charge on any atom is -0.363 e. The van der Waals surface area contributed by atoms with Crippen LogP contribution in [0.5, 0.6) is 0 Å². The van der Waals surface area contributed by atoms with Crippen molar-refractivity contribution in [3.63, 3.8) is 0 Å². The number of anilines is 4. The molecule has 2 heterocycles. The molecule has 1 saturated heterocycles. The van der Waals surface area contributed by atoms with Crippen molar-refractivity contribution in [1.29, 1.82) is 0 Å². The predicted molar refractivity (Wildman–Crippen MR) is 120 cm³/mol. The van der Waals surface area contributed by atoms with E-state index in [4.69, 9.17) is 9.97 Å². The fraction of sp³-hybridized carbons (Fsp3) is 0.304. The van der Waals surface area contributed by atoms with Gasteiger partial charge in [-0.2, -0.15) is 9.97 Å². The summed E-state index contributed by atoms with van der Waals surface area (Å²) in [7, 11) is 3.91. The van der Waals surface area contributed by atoms with E-state index in [1.54, 1.807) is 6.07 Å². The molecule has 1 aliphatic heterocycles. The number of aromatic nitrogens is 2. The Kier molecular flexibility index (Phi) is 6.09. The molecule has 156 valence electrons. The number of nitrogens with one attached hydrogen (secondary N) is 1. The molecule has 0 radical (unpaired) electrons. The molecule has 2 aromatic carbocycles. The van der Waals surface area contributed by atoms with E-state index in [0.717, 1.165) is 38.5 Å². The average Bonchev–Trinajstić information content (AvgIpc) is 2.75. The molecule has 0 spiro atoms. The molecule has 3 aromatic rings. The second-order valence-electron chi connectivity index (χ2n) is 7.69. The summed E-state index contributed by atoms with van der Waals surface area (Å²) in [6.07, 6.45) is 0. The van der Waals surface area contributed by atoms with Gasteiger partial charge in [0, 0.05) is 58.6 Å². The van der Waals surface area contributed by atoms with E-state index in [1.165, 1.54) is 17.7 Å². The van der Waals surface area contributed by atoms with Gasteiger partial charge < -0.3 is 15.1 Å². The van der Waals surface area contributed by atoms with Gasteiger partial charge >= 0.3 is 0 Å². The monoisotopic (exact) mass is 406 g/mol. The Morgan fingerprint density at radius 3 is 2.40 bits per heavy atom. The summed E-state index contributed by atoms with van der Waals surface area (Å²) >= 11 is 0. The molecular weight excluding hydrogens is 379 g/mol. The highest BCUT2D eigenvalue weighted by Gasteiger charge is 2.20. The number of nitrogens with zero attached hydrogens (tertiary/aromatic N) is 5. The predicted octanol–water partition coefficient (Wildman–Crippen LogP) is 3.75. The lowest BCUT2D eigenvalue weighted by Crippen LogP contribution is -2.46. The summed E-state index contributed by atoms with van der Waals surface area (Å²) < 4.78 is 13.5. The molecule has 6 nitrogen and oxygen atoms in total. The van der Waals surface area contributed by atoms with E-state index in [-0.39, 0.29) is 5.82 Å². The molecule has 30 heavy (non-hydrogen) atoms. The fourth-order valence-corrected chi connectivity index (χ4v) is 3.52. The number of benzene rings is 2. The number of rotatable bonds is 6. The normalized spacial score (nSPS) is 14.6. The van der Waals surface area contributed by atoms with Crippen molar-refractivity contribution in [3.05, 3.63) is 72.0 Å². The number of hydrogen-bond acceptors (Lipinski definition) is 6. The third kappa shape index (κ3) is 5.04. The smallest absolute Gasteiger partial charge is 0.229 e. The van der Waals surface area contributed by atoms with Crippen molar-refractivity contribution in [2.24, 2.45) is 0 Å². The minimum atomic E-state index is -0.281. The average molecular weight is 407 g/mol. The second-order valence-corrected chi connectivity index (χ2v) is 7.69. The van der Waals surface area contributed by atoms with Crippen LogP contribution in [0.4, 0.5) is 27.7 Å². The number of piperazine rings is 1. The van der Waals surface area contributed by atoms with Gasteiger partial charge in [0.25, 0.3) is 0 Å². The van der Waals surface area contributed by atoms with E-state index < -0.39 is 0 Å². The summed E-state index contributed by atoms with van der Waals surface area (Å²) in [5.41, 5.74) is 2.00. The van der Waals surface area contributed by atoms with Crippen LogP contribution in [0.15, 0.2) is 60.7 Å². The summed E-state index contributed by atoms with van der Waals surface area (Å²) in [4.78, 5) is 16.1. The van der Waals surface area contributed by atoms with Crippen molar-refractivity contribution < 1.29 is 4.39 Å². The Bertz CT molecular complexity index is 970. The summed E-state index contributed by atoms with van der Waals surface area (Å²) in [6, 6.07) is 18.8. The molecule has 1 N–H and O–H groups in total.